The van der Waals surface area contributed by atoms with E-state index < -0.39 is 0 Å². The van der Waals surface area contributed by atoms with Crippen LogP contribution in [0.3, 0.4) is 0 Å². The lowest BCUT2D eigenvalue weighted by Crippen LogP contribution is -2.34. The van der Waals surface area contributed by atoms with E-state index in [0.717, 1.165) is 36.6 Å². The van der Waals surface area contributed by atoms with Crippen LogP contribution >= 0.6 is 11.6 Å². The van der Waals surface area contributed by atoms with E-state index in [2.05, 4.69) is 10.5 Å². The van der Waals surface area contributed by atoms with Crippen molar-refractivity contribution in [3.05, 3.63) is 75.2 Å². The zero-order valence-electron chi connectivity index (χ0n) is 17.8. The van der Waals surface area contributed by atoms with Gasteiger partial charge in [-0.2, -0.15) is 0 Å². The summed E-state index contributed by atoms with van der Waals surface area (Å²) < 4.78 is 7.23. The number of carbonyl (C=O) groups is 1. The van der Waals surface area contributed by atoms with E-state index in [9.17, 15) is 9.59 Å². The van der Waals surface area contributed by atoms with Crippen molar-refractivity contribution in [1.29, 1.82) is 0 Å². The van der Waals surface area contributed by atoms with E-state index in [1.165, 1.54) is 0 Å². The molecule has 164 valence electrons. The summed E-state index contributed by atoms with van der Waals surface area (Å²) in [6.07, 6.45) is 3.73. The second kappa shape index (κ2) is 8.43. The quantitative estimate of drug-likeness (QED) is 0.460. The molecule has 0 aliphatic heterocycles. The van der Waals surface area contributed by atoms with Crippen molar-refractivity contribution in [3.8, 4) is 0 Å². The van der Waals surface area contributed by atoms with Gasteiger partial charge in [0.15, 0.2) is 0 Å². The van der Waals surface area contributed by atoms with Crippen molar-refractivity contribution in [2.75, 3.05) is 6.54 Å². The molecule has 32 heavy (non-hydrogen) atoms. The zero-order chi connectivity index (χ0) is 22.2. The summed E-state index contributed by atoms with van der Waals surface area (Å²) in [4.78, 5) is 26.0. The molecule has 2 aromatic heterocycles. The van der Waals surface area contributed by atoms with Crippen LogP contribution in [-0.4, -0.2) is 22.2 Å². The Labute approximate surface area is 190 Å². The van der Waals surface area contributed by atoms with Crippen LogP contribution in [0.2, 0.25) is 5.02 Å². The minimum atomic E-state index is -0.0903. The lowest BCUT2D eigenvalue weighted by Gasteiger charge is -2.31. The van der Waals surface area contributed by atoms with E-state index in [-0.39, 0.29) is 17.5 Å². The number of pyridine rings is 1. The second-order valence-electron chi connectivity index (χ2n) is 8.53. The number of aromatic nitrogens is 2. The van der Waals surface area contributed by atoms with E-state index >= 15 is 0 Å². The van der Waals surface area contributed by atoms with Crippen molar-refractivity contribution in [3.63, 3.8) is 0 Å². The molecule has 0 radical (unpaired) electrons. The van der Waals surface area contributed by atoms with Gasteiger partial charge in [-0.1, -0.05) is 47.4 Å². The summed E-state index contributed by atoms with van der Waals surface area (Å²) in [5.41, 5.74) is 1.87. The van der Waals surface area contributed by atoms with Gasteiger partial charge in [0.25, 0.3) is 11.5 Å². The van der Waals surface area contributed by atoms with E-state index in [1.807, 2.05) is 53.1 Å². The Morgan fingerprint density at radius 3 is 2.78 bits per heavy atom. The predicted octanol–water partition coefficient (Wildman–Crippen LogP) is 5.27. The molecule has 6 nitrogen and oxygen atoms in total. The van der Waals surface area contributed by atoms with E-state index in [4.69, 9.17) is 16.1 Å². The minimum absolute atomic E-state index is 0.0227. The van der Waals surface area contributed by atoms with Crippen LogP contribution in [0.15, 0.2) is 57.8 Å². The number of amides is 1. The highest BCUT2D eigenvalue weighted by atomic mass is 35.5. The molecule has 2 heterocycles. The van der Waals surface area contributed by atoms with Crippen LogP contribution in [0, 0.1) is 12.8 Å². The molecule has 2 aromatic carbocycles. The number of nitrogens with zero attached hydrogens (tertiary/aromatic N) is 2. The summed E-state index contributed by atoms with van der Waals surface area (Å²) in [6, 6.07) is 14.8. The monoisotopic (exact) mass is 449 g/mol. The van der Waals surface area contributed by atoms with Gasteiger partial charge in [0.05, 0.1) is 10.5 Å². The highest BCUT2D eigenvalue weighted by molar-refractivity contribution is 6.37. The summed E-state index contributed by atoms with van der Waals surface area (Å²) >= 11 is 6.54. The van der Waals surface area contributed by atoms with Gasteiger partial charge in [-0.15, -0.1) is 0 Å². The predicted molar refractivity (Wildman–Crippen MR) is 125 cm³/mol. The van der Waals surface area contributed by atoms with Crippen molar-refractivity contribution in [2.45, 2.75) is 38.6 Å². The first-order valence-electron chi connectivity index (χ1n) is 11.0. The number of carbonyl (C=O) groups excluding carboxylic acids is 1. The topological polar surface area (TPSA) is 77.1 Å². The Morgan fingerprint density at radius 2 is 1.97 bits per heavy atom. The van der Waals surface area contributed by atoms with Crippen molar-refractivity contribution in [1.82, 2.24) is 15.0 Å². The fourth-order valence-electron chi connectivity index (χ4n) is 4.95. The molecule has 1 saturated carbocycles. The third-order valence-corrected chi connectivity index (χ3v) is 6.81. The van der Waals surface area contributed by atoms with Gasteiger partial charge in [0.2, 0.25) is 0 Å². The number of hydrogen-bond acceptors (Lipinski definition) is 4. The molecule has 1 amide bonds. The highest BCUT2D eigenvalue weighted by Gasteiger charge is 2.28. The molecular weight excluding hydrogens is 426 g/mol. The summed E-state index contributed by atoms with van der Waals surface area (Å²) in [5.74, 6) is 0.730. The summed E-state index contributed by atoms with van der Waals surface area (Å²) in [5, 5.41) is 8.98. The van der Waals surface area contributed by atoms with Gasteiger partial charge in [-0.05, 0) is 56.4 Å². The molecule has 1 aliphatic rings. The molecule has 0 spiro atoms. The third-order valence-electron chi connectivity index (χ3n) is 6.49. The fourth-order valence-corrected chi connectivity index (χ4v) is 5.21. The van der Waals surface area contributed by atoms with Crippen LogP contribution in [0.1, 0.15) is 47.8 Å². The van der Waals surface area contributed by atoms with Crippen LogP contribution in [0.25, 0.3) is 21.8 Å². The smallest absolute Gasteiger partial charge is 0.264 e. The van der Waals surface area contributed by atoms with Crippen LogP contribution in [0.4, 0.5) is 0 Å². The number of rotatable bonds is 4. The molecule has 4 aromatic rings. The van der Waals surface area contributed by atoms with Gasteiger partial charge in [-0.3, -0.25) is 9.59 Å². The number of aryl methyl sites for hydroxylation is 1. The standard InChI is InChI=1S/C25H24ClN3O3/c1-15-21-23(28-32-15)22-19(26)11-6-12-20(22)29(25(21)31)18-10-5-7-16(13-18)14-27-24(30)17-8-3-2-4-9-17/h2-4,6,8-9,11-12,16,18H,5,7,10,13-14H2,1H3,(H,27,30)/t16-,18+/m0/s1. The van der Waals surface area contributed by atoms with Crippen molar-refractivity contribution in [2.24, 2.45) is 5.92 Å². The molecule has 5 rings (SSSR count). The molecule has 0 saturated heterocycles. The van der Waals surface area contributed by atoms with Crippen molar-refractivity contribution >= 4 is 39.3 Å². The zero-order valence-corrected chi connectivity index (χ0v) is 18.6. The molecular formula is C25H24ClN3O3. The summed E-state index contributed by atoms with van der Waals surface area (Å²) in [6.45, 7) is 2.35. The van der Waals surface area contributed by atoms with Crippen LogP contribution < -0.4 is 10.9 Å². The number of nitrogens with one attached hydrogen (secondary N) is 1. The second-order valence-corrected chi connectivity index (χ2v) is 8.94. The molecule has 7 heteroatoms. The Balaban J connectivity index is 1.46. The Bertz CT molecular complexity index is 1360. The Kier molecular flexibility index (Phi) is 5.47. The maximum atomic E-state index is 13.5. The number of hydrogen-bond donors (Lipinski definition) is 1. The molecule has 1 N–H and O–H groups in total. The summed E-state index contributed by atoms with van der Waals surface area (Å²) in [7, 11) is 0. The maximum Gasteiger partial charge on any atom is 0.264 e. The molecule has 2 atom stereocenters. The minimum Gasteiger partial charge on any atom is -0.360 e. The van der Waals surface area contributed by atoms with Gasteiger partial charge in [0.1, 0.15) is 16.7 Å². The van der Waals surface area contributed by atoms with E-state index in [0.29, 0.717) is 39.7 Å². The fraction of sp³-hybridized carbons (Fsp3) is 0.320. The molecule has 0 bridgehead atoms. The maximum absolute atomic E-state index is 13.5. The average molecular weight is 450 g/mol. The normalized spacial score (nSPS) is 18.8. The van der Waals surface area contributed by atoms with Crippen LogP contribution in [-0.2, 0) is 0 Å². The lowest BCUT2D eigenvalue weighted by atomic mass is 9.85. The number of fused-ring (bicyclic) bond motifs is 3. The van der Waals surface area contributed by atoms with Gasteiger partial charge < -0.3 is 14.4 Å². The Morgan fingerprint density at radius 1 is 1.16 bits per heavy atom. The van der Waals surface area contributed by atoms with Gasteiger partial charge in [-0.25, -0.2) is 0 Å². The Hall–Kier alpha value is -3.12. The highest BCUT2D eigenvalue weighted by Crippen LogP contribution is 2.36. The first-order valence-corrected chi connectivity index (χ1v) is 11.3. The third kappa shape index (κ3) is 3.58. The number of benzene rings is 2. The van der Waals surface area contributed by atoms with Gasteiger partial charge in [0, 0.05) is 23.5 Å². The first-order chi connectivity index (χ1) is 15.5. The average Bonchev–Trinajstić information content (AvgIpc) is 3.20. The molecule has 1 fully saturated rings. The first kappa shape index (κ1) is 20.8. The lowest BCUT2D eigenvalue weighted by molar-refractivity contribution is 0.0940. The van der Waals surface area contributed by atoms with Crippen LogP contribution in [0.5, 0.6) is 0 Å². The molecule has 0 unspecified atom stereocenters. The molecule has 1 aliphatic carbocycles. The van der Waals surface area contributed by atoms with Crippen molar-refractivity contribution < 1.29 is 9.32 Å². The van der Waals surface area contributed by atoms with E-state index in [1.54, 1.807) is 6.92 Å². The largest absolute Gasteiger partial charge is 0.360 e. The SMILES string of the molecule is Cc1onc2c1c(=O)n([C@@H]1CCC[C@H](CNC(=O)c3ccccc3)C1)c1cccc(Cl)c21. The number of halogens is 1. The van der Waals surface area contributed by atoms with Gasteiger partial charge >= 0.3 is 0 Å².